The lowest BCUT2D eigenvalue weighted by atomic mass is 10.2. The molecule has 1 rings (SSSR count). The fourth-order valence-electron chi connectivity index (χ4n) is 1.27. The quantitative estimate of drug-likeness (QED) is 0.735. The van der Waals surface area contributed by atoms with Crippen LogP contribution in [0.15, 0.2) is 36.4 Å². The molecule has 0 aliphatic carbocycles. The zero-order chi connectivity index (χ0) is 11.6. The van der Waals surface area contributed by atoms with Crippen molar-refractivity contribution >= 4 is 16.9 Å². The van der Waals surface area contributed by atoms with E-state index in [1.165, 1.54) is 5.56 Å². The van der Waals surface area contributed by atoms with E-state index in [9.17, 15) is 4.21 Å². The zero-order valence-corrected chi connectivity index (χ0v) is 10.5. The van der Waals surface area contributed by atoms with E-state index in [0.29, 0.717) is 0 Å². The molecule has 0 amide bonds. The maximum Gasteiger partial charge on any atom is 0.0360 e. The van der Waals surface area contributed by atoms with Crippen molar-refractivity contribution in [2.75, 3.05) is 24.6 Å². The van der Waals surface area contributed by atoms with E-state index in [2.05, 4.69) is 29.6 Å². The lowest BCUT2D eigenvalue weighted by Crippen LogP contribution is -2.20. The Labute approximate surface area is 100 Å². The van der Waals surface area contributed by atoms with Crippen molar-refractivity contribution in [3.63, 3.8) is 0 Å². The van der Waals surface area contributed by atoms with E-state index in [0.717, 1.165) is 24.6 Å². The van der Waals surface area contributed by atoms with E-state index < -0.39 is 10.8 Å². The maximum atomic E-state index is 11.1. The van der Waals surface area contributed by atoms with Crippen LogP contribution in [0.25, 0.3) is 6.08 Å². The van der Waals surface area contributed by atoms with Gasteiger partial charge in [-0.05, 0) is 5.56 Å². The van der Waals surface area contributed by atoms with Crippen molar-refractivity contribution < 1.29 is 4.21 Å². The Bertz CT molecular complexity index is 335. The molecular formula is C13H19NOS. The van der Waals surface area contributed by atoms with Crippen LogP contribution in [0.4, 0.5) is 0 Å². The van der Waals surface area contributed by atoms with Crippen molar-refractivity contribution in [3.05, 3.63) is 42.0 Å². The van der Waals surface area contributed by atoms with Crippen LogP contribution in [0.2, 0.25) is 0 Å². The molecule has 3 heteroatoms. The van der Waals surface area contributed by atoms with Crippen LogP contribution in [0, 0.1) is 0 Å². The first kappa shape index (κ1) is 13.1. The molecule has 16 heavy (non-hydrogen) atoms. The highest BCUT2D eigenvalue weighted by atomic mass is 32.2. The second-order valence-electron chi connectivity index (χ2n) is 3.45. The van der Waals surface area contributed by atoms with Gasteiger partial charge in [-0.1, -0.05) is 49.4 Å². The topological polar surface area (TPSA) is 29.1 Å². The summed E-state index contributed by atoms with van der Waals surface area (Å²) in [6.45, 7) is 3.60. The van der Waals surface area contributed by atoms with Crippen molar-refractivity contribution in [1.29, 1.82) is 0 Å². The Morgan fingerprint density at radius 3 is 2.75 bits per heavy atom. The lowest BCUT2D eigenvalue weighted by molar-refractivity contribution is 0.679. The van der Waals surface area contributed by atoms with Crippen LogP contribution in [-0.2, 0) is 10.8 Å². The largest absolute Gasteiger partial charge is 0.312 e. The SMILES string of the molecule is CCS(=O)CCNC/C=C/c1ccccc1. The Kier molecular flexibility index (Phi) is 6.77. The lowest BCUT2D eigenvalue weighted by Gasteiger charge is -2.00. The van der Waals surface area contributed by atoms with Gasteiger partial charge in [-0.3, -0.25) is 4.21 Å². The Balaban J connectivity index is 2.12. The Morgan fingerprint density at radius 1 is 1.31 bits per heavy atom. The molecule has 0 aliphatic heterocycles. The van der Waals surface area contributed by atoms with Crippen molar-refractivity contribution in [2.24, 2.45) is 0 Å². The van der Waals surface area contributed by atoms with Gasteiger partial charge in [0.25, 0.3) is 0 Å². The summed E-state index contributed by atoms with van der Waals surface area (Å²) < 4.78 is 11.1. The normalized spacial score (nSPS) is 13.1. The minimum absolute atomic E-state index is 0.655. The molecule has 0 radical (unpaired) electrons. The fourth-order valence-corrected chi connectivity index (χ4v) is 1.94. The van der Waals surface area contributed by atoms with Gasteiger partial charge in [0.2, 0.25) is 0 Å². The Hall–Kier alpha value is -0.930. The van der Waals surface area contributed by atoms with Gasteiger partial charge < -0.3 is 5.32 Å². The highest BCUT2D eigenvalue weighted by Crippen LogP contribution is 1.99. The molecule has 1 unspecified atom stereocenters. The highest BCUT2D eigenvalue weighted by molar-refractivity contribution is 7.84. The maximum absolute atomic E-state index is 11.1. The molecule has 88 valence electrons. The summed E-state index contributed by atoms with van der Waals surface area (Å²) in [6.07, 6.45) is 4.17. The predicted molar refractivity (Wildman–Crippen MR) is 71.9 cm³/mol. The molecule has 1 aromatic rings. The molecule has 0 bridgehead atoms. The molecule has 2 nitrogen and oxygen atoms in total. The summed E-state index contributed by atoms with van der Waals surface area (Å²) in [7, 11) is -0.655. The monoisotopic (exact) mass is 237 g/mol. The van der Waals surface area contributed by atoms with Crippen molar-refractivity contribution in [1.82, 2.24) is 5.32 Å². The van der Waals surface area contributed by atoms with Gasteiger partial charge in [-0.2, -0.15) is 0 Å². The minimum Gasteiger partial charge on any atom is -0.312 e. The standard InChI is InChI=1S/C13H19NOS/c1-2-16(15)12-11-14-10-6-9-13-7-4-3-5-8-13/h3-9,14H,2,10-12H2,1H3/b9-6+. The molecule has 1 atom stereocenters. The van der Waals surface area contributed by atoms with Gasteiger partial charge in [0, 0.05) is 35.4 Å². The first-order chi connectivity index (χ1) is 7.83. The number of rotatable bonds is 7. The molecule has 0 spiro atoms. The smallest absolute Gasteiger partial charge is 0.0360 e. The number of benzene rings is 1. The van der Waals surface area contributed by atoms with Crippen LogP contribution < -0.4 is 5.32 Å². The van der Waals surface area contributed by atoms with Crippen LogP contribution in [0.5, 0.6) is 0 Å². The van der Waals surface area contributed by atoms with Gasteiger partial charge in [-0.25, -0.2) is 0 Å². The third kappa shape index (κ3) is 5.83. The van der Waals surface area contributed by atoms with E-state index >= 15 is 0 Å². The Morgan fingerprint density at radius 2 is 2.06 bits per heavy atom. The fraction of sp³-hybridized carbons (Fsp3) is 0.385. The summed E-state index contributed by atoms with van der Waals surface area (Å²) in [4.78, 5) is 0. The first-order valence-electron chi connectivity index (χ1n) is 5.60. The van der Waals surface area contributed by atoms with E-state index in [4.69, 9.17) is 0 Å². The molecule has 0 saturated heterocycles. The second-order valence-corrected chi connectivity index (χ2v) is 5.32. The van der Waals surface area contributed by atoms with Gasteiger partial charge >= 0.3 is 0 Å². The summed E-state index contributed by atoms with van der Waals surface area (Å²) in [5.74, 6) is 1.50. The average Bonchev–Trinajstić information content (AvgIpc) is 2.34. The zero-order valence-electron chi connectivity index (χ0n) is 9.69. The van der Waals surface area contributed by atoms with E-state index in [-0.39, 0.29) is 0 Å². The number of hydrogen-bond donors (Lipinski definition) is 1. The third-order valence-corrected chi connectivity index (χ3v) is 3.50. The van der Waals surface area contributed by atoms with Crippen LogP contribution in [0.3, 0.4) is 0 Å². The summed E-state index contributed by atoms with van der Waals surface area (Å²) >= 11 is 0. The molecular weight excluding hydrogens is 218 g/mol. The summed E-state index contributed by atoms with van der Waals surface area (Å²) in [5.41, 5.74) is 1.21. The summed E-state index contributed by atoms with van der Waals surface area (Å²) in [5, 5.41) is 3.24. The van der Waals surface area contributed by atoms with Gasteiger partial charge in [0.1, 0.15) is 0 Å². The van der Waals surface area contributed by atoms with Gasteiger partial charge in [0.05, 0.1) is 0 Å². The van der Waals surface area contributed by atoms with Crippen molar-refractivity contribution in [2.45, 2.75) is 6.92 Å². The van der Waals surface area contributed by atoms with Crippen LogP contribution >= 0.6 is 0 Å². The van der Waals surface area contributed by atoms with Gasteiger partial charge in [-0.15, -0.1) is 0 Å². The number of nitrogens with one attached hydrogen (secondary N) is 1. The summed E-state index contributed by atoms with van der Waals surface area (Å²) in [6, 6.07) is 10.2. The highest BCUT2D eigenvalue weighted by Gasteiger charge is 1.93. The third-order valence-electron chi connectivity index (χ3n) is 2.20. The molecule has 1 aromatic carbocycles. The molecule has 1 N–H and O–H groups in total. The predicted octanol–water partition coefficient (Wildman–Crippen LogP) is 2.06. The second kappa shape index (κ2) is 8.25. The van der Waals surface area contributed by atoms with Gasteiger partial charge in [0.15, 0.2) is 0 Å². The van der Waals surface area contributed by atoms with E-state index in [1.54, 1.807) is 0 Å². The minimum atomic E-state index is -0.655. The average molecular weight is 237 g/mol. The van der Waals surface area contributed by atoms with Crippen molar-refractivity contribution in [3.8, 4) is 0 Å². The van der Waals surface area contributed by atoms with Crippen LogP contribution in [0.1, 0.15) is 12.5 Å². The molecule has 0 aliphatic rings. The molecule has 0 aromatic heterocycles. The first-order valence-corrected chi connectivity index (χ1v) is 7.09. The molecule has 0 saturated carbocycles. The number of hydrogen-bond acceptors (Lipinski definition) is 2. The molecule has 0 fully saturated rings. The molecule has 0 heterocycles. The van der Waals surface area contributed by atoms with Crippen LogP contribution in [-0.4, -0.2) is 28.8 Å². The van der Waals surface area contributed by atoms with E-state index in [1.807, 2.05) is 25.1 Å².